The van der Waals surface area contributed by atoms with E-state index in [1.54, 1.807) is 36.4 Å². The Morgan fingerprint density at radius 1 is 0.722 bits per heavy atom. The summed E-state index contributed by atoms with van der Waals surface area (Å²) in [4.78, 5) is 0. The van der Waals surface area contributed by atoms with Gasteiger partial charge in [0.1, 0.15) is 11.5 Å². The zero-order valence-electron chi connectivity index (χ0n) is 9.41. The van der Waals surface area contributed by atoms with Gasteiger partial charge in [-0.3, -0.25) is 0 Å². The SMILES string of the molecule is Oc1cccc(/C=C/c2cc(O)c(O)cc2O)c1. The molecule has 18 heavy (non-hydrogen) atoms. The fourth-order valence-electron chi connectivity index (χ4n) is 1.53. The molecule has 0 aliphatic rings. The molecule has 0 aliphatic carbocycles. The third-order valence-corrected chi connectivity index (χ3v) is 2.45. The van der Waals surface area contributed by atoms with E-state index in [9.17, 15) is 20.4 Å². The van der Waals surface area contributed by atoms with Crippen molar-refractivity contribution < 1.29 is 20.4 Å². The van der Waals surface area contributed by atoms with Crippen LogP contribution in [0.5, 0.6) is 23.0 Å². The first-order valence-electron chi connectivity index (χ1n) is 5.28. The molecule has 0 atom stereocenters. The Labute approximate surface area is 104 Å². The average Bonchev–Trinajstić information content (AvgIpc) is 2.32. The van der Waals surface area contributed by atoms with Crippen LogP contribution in [0.1, 0.15) is 11.1 Å². The summed E-state index contributed by atoms with van der Waals surface area (Å²) in [5.74, 6) is -0.665. The standard InChI is InChI=1S/C14H12O4/c15-11-3-1-2-9(6-11)4-5-10-7-13(17)14(18)8-12(10)16/h1-8,15-18H/b5-4+. The molecule has 0 spiro atoms. The van der Waals surface area contributed by atoms with E-state index in [1.807, 2.05) is 0 Å². The second kappa shape index (κ2) is 4.71. The van der Waals surface area contributed by atoms with E-state index >= 15 is 0 Å². The highest BCUT2D eigenvalue weighted by Crippen LogP contribution is 2.33. The summed E-state index contributed by atoms with van der Waals surface area (Å²) in [5.41, 5.74) is 1.12. The largest absolute Gasteiger partial charge is 0.508 e. The molecule has 0 aromatic heterocycles. The number of phenols is 4. The molecule has 0 amide bonds. The van der Waals surface area contributed by atoms with Crippen molar-refractivity contribution in [2.75, 3.05) is 0 Å². The number of phenolic OH excluding ortho intramolecular Hbond substituents is 4. The van der Waals surface area contributed by atoms with Crippen LogP contribution < -0.4 is 0 Å². The van der Waals surface area contributed by atoms with Gasteiger partial charge in [-0.25, -0.2) is 0 Å². The highest BCUT2D eigenvalue weighted by molar-refractivity contribution is 5.74. The van der Waals surface area contributed by atoms with Gasteiger partial charge in [0.25, 0.3) is 0 Å². The van der Waals surface area contributed by atoms with E-state index < -0.39 is 0 Å². The van der Waals surface area contributed by atoms with Crippen LogP contribution in [-0.4, -0.2) is 20.4 Å². The third kappa shape index (κ3) is 2.55. The predicted molar refractivity (Wildman–Crippen MR) is 68.5 cm³/mol. The molecule has 2 aromatic rings. The molecule has 0 heterocycles. The Bertz CT molecular complexity index is 603. The van der Waals surface area contributed by atoms with Gasteiger partial charge in [0.15, 0.2) is 11.5 Å². The van der Waals surface area contributed by atoms with Gasteiger partial charge in [0.05, 0.1) is 0 Å². The van der Waals surface area contributed by atoms with E-state index in [2.05, 4.69) is 0 Å². The summed E-state index contributed by atoms with van der Waals surface area (Å²) in [6.45, 7) is 0. The van der Waals surface area contributed by atoms with E-state index in [1.165, 1.54) is 6.07 Å². The molecule has 0 fully saturated rings. The smallest absolute Gasteiger partial charge is 0.161 e. The topological polar surface area (TPSA) is 80.9 Å². The number of hydrogen-bond acceptors (Lipinski definition) is 4. The normalized spacial score (nSPS) is 10.9. The molecular weight excluding hydrogens is 232 g/mol. The summed E-state index contributed by atoms with van der Waals surface area (Å²) in [6, 6.07) is 8.92. The molecule has 0 radical (unpaired) electrons. The lowest BCUT2D eigenvalue weighted by Gasteiger charge is -2.02. The van der Waals surface area contributed by atoms with Crippen molar-refractivity contribution in [3.05, 3.63) is 47.5 Å². The van der Waals surface area contributed by atoms with E-state index in [0.29, 0.717) is 5.56 Å². The molecule has 0 saturated heterocycles. The zero-order valence-corrected chi connectivity index (χ0v) is 9.41. The Kier molecular flexibility index (Phi) is 3.10. The highest BCUT2D eigenvalue weighted by Gasteiger charge is 2.04. The summed E-state index contributed by atoms with van der Waals surface area (Å²) in [5, 5.41) is 37.4. The van der Waals surface area contributed by atoms with Gasteiger partial charge < -0.3 is 20.4 Å². The van der Waals surface area contributed by atoms with Gasteiger partial charge in [-0.1, -0.05) is 24.3 Å². The van der Waals surface area contributed by atoms with Crippen LogP contribution in [0, 0.1) is 0 Å². The molecule has 0 unspecified atom stereocenters. The molecule has 0 saturated carbocycles. The lowest BCUT2D eigenvalue weighted by molar-refractivity contribution is 0.396. The molecule has 0 bridgehead atoms. The molecule has 0 aliphatic heterocycles. The number of aromatic hydroxyl groups is 4. The van der Waals surface area contributed by atoms with Crippen LogP contribution in [-0.2, 0) is 0 Å². The number of hydrogen-bond donors (Lipinski definition) is 4. The maximum atomic E-state index is 9.58. The lowest BCUT2D eigenvalue weighted by atomic mass is 10.1. The predicted octanol–water partition coefficient (Wildman–Crippen LogP) is 2.68. The Morgan fingerprint density at radius 3 is 2.17 bits per heavy atom. The maximum Gasteiger partial charge on any atom is 0.161 e. The van der Waals surface area contributed by atoms with Gasteiger partial charge in [-0.2, -0.15) is 0 Å². The highest BCUT2D eigenvalue weighted by atomic mass is 16.3. The number of benzene rings is 2. The molecular formula is C14H12O4. The van der Waals surface area contributed by atoms with Crippen molar-refractivity contribution in [3.8, 4) is 23.0 Å². The molecule has 2 aromatic carbocycles. The summed E-state index contributed by atoms with van der Waals surface area (Å²) in [7, 11) is 0. The van der Waals surface area contributed by atoms with Gasteiger partial charge in [-0.15, -0.1) is 0 Å². The molecule has 4 nitrogen and oxygen atoms in total. The fourth-order valence-corrected chi connectivity index (χ4v) is 1.53. The first-order chi connectivity index (χ1) is 8.56. The van der Waals surface area contributed by atoms with Crippen LogP contribution in [0.3, 0.4) is 0 Å². The summed E-state index contributed by atoms with van der Waals surface area (Å²) < 4.78 is 0. The third-order valence-electron chi connectivity index (χ3n) is 2.45. The van der Waals surface area contributed by atoms with E-state index in [-0.39, 0.29) is 23.0 Å². The van der Waals surface area contributed by atoms with Crippen molar-refractivity contribution in [2.45, 2.75) is 0 Å². The summed E-state index contributed by atoms with van der Waals surface area (Å²) in [6.07, 6.45) is 3.24. The van der Waals surface area contributed by atoms with Gasteiger partial charge >= 0.3 is 0 Å². The molecule has 2 rings (SSSR count). The van der Waals surface area contributed by atoms with Gasteiger partial charge in [-0.05, 0) is 23.8 Å². The van der Waals surface area contributed by atoms with Crippen molar-refractivity contribution >= 4 is 12.2 Å². The van der Waals surface area contributed by atoms with Gasteiger partial charge in [0, 0.05) is 11.6 Å². The monoisotopic (exact) mass is 244 g/mol. The minimum absolute atomic E-state index is 0.137. The van der Waals surface area contributed by atoms with Crippen molar-refractivity contribution in [2.24, 2.45) is 0 Å². The van der Waals surface area contributed by atoms with Crippen LogP contribution in [0.15, 0.2) is 36.4 Å². The molecule has 92 valence electrons. The second-order valence-corrected chi connectivity index (χ2v) is 3.83. The number of rotatable bonds is 2. The zero-order chi connectivity index (χ0) is 13.1. The van der Waals surface area contributed by atoms with Crippen molar-refractivity contribution in [1.82, 2.24) is 0 Å². The fraction of sp³-hybridized carbons (Fsp3) is 0. The van der Waals surface area contributed by atoms with E-state index in [0.717, 1.165) is 11.6 Å². The Morgan fingerprint density at radius 2 is 1.44 bits per heavy atom. The van der Waals surface area contributed by atoms with Crippen LogP contribution in [0.25, 0.3) is 12.2 Å². The minimum atomic E-state index is -0.373. The van der Waals surface area contributed by atoms with Crippen LogP contribution in [0.2, 0.25) is 0 Å². The van der Waals surface area contributed by atoms with E-state index in [4.69, 9.17) is 0 Å². The molecule has 4 N–H and O–H groups in total. The lowest BCUT2D eigenvalue weighted by Crippen LogP contribution is -1.77. The average molecular weight is 244 g/mol. The van der Waals surface area contributed by atoms with Crippen LogP contribution >= 0.6 is 0 Å². The second-order valence-electron chi connectivity index (χ2n) is 3.83. The summed E-state index contributed by atoms with van der Waals surface area (Å²) >= 11 is 0. The Hall–Kier alpha value is -2.62. The Balaban J connectivity index is 2.32. The van der Waals surface area contributed by atoms with Crippen molar-refractivity contribution in [1.29, 1.82) is 0 Å². The van der Waals surface area contributed by atoms with Gasteiger partial charge in [0.2, 0.25) is 0 Å². The quantitative estimate of drug-likeness (QED) is 0.372. The van der Waals surface area contributed by atoms with Crippen molar-refractivity contribution in [3.63, 3.8) is 0 Å². The maximum absolute atomic E-state index is 9.58. The first-order valence-corrected chi connectivity index (χ1v) is 5.28. The van der Waals surface area contributed by atoms with Crippen LogP contribution in [0.4, 0.5) is 0 Å². The first kappa shape index (κ1) is 11.9. The molecule has 4 heteroatoms. The minimum Gasteiger partial charge on any atom is -0.508 e.